The molecule has 30 heavy (non-hydrogen) atoms. The molecule has 2 aliphatic rings. The van der Waals surface area contributed by atoms with Crippen LogP contribution in [0.2, 0.25) is 0 Å². The van der Waals surface area contributed by atoms with Gasteiger partial charge >= 0.3 is 0 Å². The number of amides is 1. The molecule has 0 saturated carbocycles. The molecule has 0 aromatic carbocycles. The van der Waals surface area contributed by atoms with Crippen LogP contribution in [0.1, 0.15) is 67.7 Å². The van der Waals surface area contributed by atoms with Crippen molar-refractivity contribution in [2.75, 3.05) is 11.4 Å². The summed E-state index contributed by atoms with van der Waals surface area (Å²) in [7, 11) is 0. The Morgan fingerprint density at radius 3 is 2.90 bits per heavy atom. The minimum atomic E-state index is -0.322. The fraction of sp³-hybridized carbons (Fsp3) is 0.455. The van der Waals surface area contributed by atoms with Gasteiger partial charge in [-0.3, -0.25) is 9.78 Å². The number of carbonyl (C=O) groups excluding carboxylic acids is 1. The van der Waals surface area contributed by atoms with E-state index in [9.17, 15) is 9.18 Å². The molecule has 0 radical (unpaired) electrons. The summed E-state index contributed by atoms with van der Waals surface area (Å²) in [5, 5.41) is 7.27. The highest BCUT2D eigenvalue weighted by atomic mass is 19.1. The summed E-state index contributed by atoms with van der Waals surface area (Å²) < 4.78 is 15.7. The van der Waals surface area contributed by atoms with Crippen LogP contribution < -0.4 is 10.2 Å². The predicted octanol–water partition coefficient (Wildman–Crippen LogP) is 3.70. The van der Waals surface area contributed by atoms with E-state index >= 15 is 0 Å². The van der Waals surface area contributed by atoms with E-state index in [0.29, 0.717) is 17.6 Å². The zero-order chi connectivity index (χ0) is 21.3. The first-order valence-corrected chi connectivity index (χ1v) is 10.7. The number of nitrogens with one attached hydrogen (secondary N) is 1. The molecular formula is C22H27FN6O. The molecule has 2 atom stereocenters. The van der Waals surface area contributed by atoms with E-state index in [1.807, 2.05) is 33.0 Å². The van der Waals surface area contributed by atoms with Gasteiger partial charge in [0.25, 0.3) is 5.91 Å². The fourth-order valence-corrected chi connectivity index (χ4v) is 4.25. The maximum atomic E-state index is 14.1. The highest BCUT2D eigenvalue weighted by molar-refractivity contribution is 5.99. The Bertz CT molecular complexity index is 1060. The van der Waals surface area contributed by atoms with E-state index in [2.05, 4.69) is 20.3 Å². The Kier molecular flexibility index (Phi) is 5.65. The van der Waals surface area contributed by atoms with Gasteiger partial charge in [-0.1, -0.05) is 13.8 Å². The largest absolute Gasteiger partial charge is 0.349 e. The highest BCUT2D eigenvalue weighted by Gasteiger charge is 2.31. The third kappa shape index (κ3) is 3.62. The Morgan fingerprint density at radius 2 is 2.07 bits per heavy atom. The van der Waals surface area contributed by atoms with E-state index in [0.717, 1.165) is 42.9 Å². The molecule has 5 rings (SSSR count). The van der Waals surface area contributed by atoms with Gasteiger partial charge in [0.15, 0.2) is 5.65 Å². The van der Waals surface area contributed by atoms with Gasteiger partial charge < -0.3 is 10.2 Å². The molecule has 0 aliphatic carbocycles. The standard InChI is InChI=1S/C20H21FN6O.C2H6/c1-12-4-5-16-14(9-13(21)10-22-16)17-3-2-7-26(17)18-6-8-27-19(25-18)15(11-23-27)20(28)24-12;1-2/h6,8-12,17H,2-5,7H2,1H3,(H,24,28);1-2H3. The number of halogens is 1. The lowest BCUT2D eigenvalue weighted by atomic mass is 9.98. The van der Waals surface area contributed by atoms with E-state index in [4.69, 9.17) is 4.98 Å². The van der Waals surface area contributed by atoms with Crippen LogP contribution >= 0.6 is 0 Å². The van der Waals surface area contributed by atoms with E-state index in [1.54, 1.807) is 16.8 Å². The van der Waals surface area contributed by atoms with Crippen LogP contribution in [0.3, 0.4) is 0 Å². The first-order valence-electron chi connectivity index (χ1n) is 10.7. The first-order chi connectivity index (χ1) is 14.6. The minimum absolute atomic E-state index is 0.0271. The number of aromatic nitrogens is 4. The normalized spacial score (nSPS) is 20.9. The molecule has 2 aliphatic heterocycles. The van der Waals surface area contributed by atoms with Crippen LogP contribution in [0, 0.1) is 5.82 Å². The smallest absolute Gasteiger partial charge is 0.256 e. The van der Waals surface area contributed by atoms with E-state index in [-0.39, 0.29) is 23.8 Å². The molecule has 3 aromatic heterocycles. The summed E-state index contributed by atoms with van der Waals surface area (Å²) in [4.78, 5) is 24.1. The monoisotopic (exact) mass is 410 g/mol. The maximum Gasteiger partial charge on any atom is 0.256 e. The zero-order valence-corrected chi connectivity index (χ0v) is 17.6. The molecule has 7 nitrogen and oxygen atoms in total. The van der Waals surface area contributed by atoms with Crippen molar-refractivity contribution < 1.29 is 9.18 Å². The Morgan fingerprint density at radius 1 is 1.23 bits per heavy atom. The van der Waals surface area contributed by atoms with E-state index in [1.165, 1.54) is 6.20 Å². The summed E-state index contributed by atoms with van der Waals surface area (Å²) in [5.41, 5.74) is 2.81. The molecule has 1 saturated heterocycles. The fourth-order valence-electron chi connectivity index (χ4n) is 4.25. The second-order valence-electron chi connectivity index (χ2n) is 7.57. The third-order valence-electron chi connectivity index (χ3n) is 5.67. The summed E-state index contributed by atoms with van der Waals surface area (Å²) in [6, 6.07) is 3.48. The topological polar surface area (TPSA) is 75.4 Å². The van der Waals surface area contributed by atoms with Crippen LogP contribution in [-0.4, -0.2) is 38.1 Å². The first kappa shape index (κ1) is 20.3. The molecular weight excluding hydrogens is 383 g/mol. The number of fused-ring (bicyclic) bond motifs is 5. The number of aryl methyl sites for hydroxylation is 1. The van der Waals surface area contributed by atoms with Crippen molar-refractivity contribution >= 4 is 17.4 Å². The van der Waals surface area contributed by atoms with Crippen molar-refractivity contribution in [2.24, 2.45) is 0 Å². The highest BCUT2D eigenvalue weighted by Crippen LogP contribution is 2.37. The summed E-state index contributed by atoms with van der Waals surface area (Å²) in [6.45, 7) is 6.79. The van der Waals surface area contributed by atoms with Crippen molar-refractivity contribution in [3.05, 3.63) is 53.4 Å². The predicted molar refractivity (Wildman–Crippen MR) is 113 cm³/mol. The van der Waals surface area contributed by atoms with Gasteiger partial charge in [-0.05, 0) is 50.3 Å². The molecule has 1 fully saturated rings. The molecule has 158 valence electrons. The summed E-state index contributed by atoms with van der Waals surface area (Å²) >= 11 is 0. The van der Waals surface area contributed by atoms with Gasteiger partial charge in [0.2, 0.25) is 0 Å². The van der Waals surface area contributed by atoms with Crippen molar-refractivity contribution in [3.63, 3.8) is 0 Å². The van der Waals surface area contributed by atoms with Crippen molar-refractivity contribution in [1.29, 1.82) is 0 Å². The number of pyridine rings is 1. The average molecular weight is 410 g/mol. The second-order valence-corrected chi connectivity index (χ2v) is 7.57. The van der Waals surface area contributed by atoms with Gasteiger partial charge in [0.05, 0.1) is 18.4 Å². The SMILES string of the molecule is CC.CC1CCc2ncc(F)cc2C2CCCN2c2ccn3ncc(c3n2)C(=O)N1. The van der Waals surface area contributed by atoms with Gasteiger partial charge in [-0.15, -0.1) is 0 Å². The van der Waals surface area contributed by atoms with Crippen LogP contribution in [0.4, 0.5) is 10.2 Å². The van der Waals surface area contributed by atoms with Crippen LogP contribution in [0.15, 0.2) is 30.7 Å². The number of anilines is 1. The molecule has 3 aromatic rings. The lowest BCUT2D eigenvalue weighted by Gasteiger charge is -2.27. The third-order valence-corrected chi connectivity index (χ3v) is 5.67. The molecule has 1 N–H and O–H groups in total. The van der Waals surface area contributed by atoms with Gasteiger partial charge in [0, 0.05) is 24.5 Å². The molecule has 2 bridgehead atoms. The summed E-state index contributed by atoms with van der Waals surface area (Å²) in [6.07, 6.45) is 7.97. The molecule has 5 heterocycles. The second kappa shape index (κ2) is 8.38. The van der Waals surface area contributed by atoms with Gasteiger partial charge in [-0.2, -0.15) is 5.10 Å². The Balaban J connectivity index is 0.00000106. The van der Waals surface area contributed by atoms with Crippen molar-refractivity contribution in [1.82, 2.24) is 24.9 Å². The van der Waals surface area contributed by atoms with Gasteiger partial charge in [0.1, 0.15) is 17.2 Å². The minimum Gasteiger partial charge on any atom is -0.349 e. The molecule has 8 heteroatoms. The van der Waals surface area contributed by atoms with Crippen LogP contribution in [0.5, 0.6) is 0 Å². The summed E-state index contributed by atoms with van der Waals surface area (Å²) in [5.74, 6) is 0.265. The lowest BCUT2D eigenvalue weighted by molar-refractivity contribution is 0.0940. The lowest BCUT2D eigenvalue weighted by Crippen LogP contribution is -2.33. The van der Waals surface area contributed by atoms with E-state index < -0.39 is 0 Å². The maximum absolute atomic E-state index is 14.1. The number of nitrogens with zero attached hydrogens (tertiary/aromatic N) is 5. The average Bonchev–Trinajstić information content (AvgIpc) is 3.40. The molecule has 2 unspecified atom stereocenters. The van der Waals surface area contributed by atoms with Crippen molar-refractivity contribution in [2.45, 2.75) is 58.5 Å². The van der Waals surface area contributed by atoms with Crippen molar-refractivity contribution in [3.8, 4) is 0 Å². The quantitative estimate of drug-likeness (QED) is 0.612. The molecule has 0 spiro atoms. The Labute approximate surface area is 175 Å². The number of carbonyl (C=O) groups is 1. The van der Waals surface area contributed by atoms with Crippen LogP contribution in [0.25, 0.3) is 5.65 Å². The Hall–Kier alpha value is -3.03. The van der Waals surface area contributed by atoms with Gasteiger partial charge in [-0.25, -0.2) is 13.9 Å². The zero-order valence-electron chi connectivity index (χ0n) is 17.6. The van der Waals surface area contributed by atoms with Crippen LogP contribution in [-0.2, 0) is 6.42 Å². The number of hydrogen-bond donors (Lipinski definition) is 1. The number of hydrogen-bond acceptors (Lipinski definition) is 5. The molecule has 1 amide bonds. The number of rotatable bonds is 0.